The maximum Gasteiger partial charge on any atom is 0.241 e. The molecule has 1 N–H and O–H groups in total. The average Bonchev–Trinajstić information content (AvgIpc) is 3.34. The molecule has 114 valence electrons. The highest BCUT2D eigenvalue weighted by Gasteiger charge is 2.56. The van der Waals surface area contributed by atoms with Crippen molar-refractivity contribution in [2.24, 2.45) is 17.3 Å². The first-order chi connectivity index (χ1) is 10.1. The normalized spacial score (nSPS) is 31.2. The van der Waals surface area contributed by atoms with Crippen LogP contribution in [0.25, 0.3) is 0 Å². The first kappa shape index (κ1) is 13.8. The third-order valence-corrected chi connectivity index (χ3v) is 6.42. The number of nitrogens with one attached hydrogen (secondary N) is 1. The van der Waals surface area contributed by atoms with Crippen LogP contribution in [0.4, 0.5) is 0 Å². The van der Waals surface area contributed by atoms with Crippen LogP contribution < -0.4 is 5.32 Å². The summed E-state index contributed by atoms with van der Waals surface area (Å²) in [5.41, 5.74) is 0.471. The molecule has 21 heavy (non-hydrogen) atoms. The minimum atomic E-state index is -0.0212. The van der Waals surface area contributed by atoms with Crippen molar-refractivity contribution in [1.29, 1.82) is 0 Å². The lowest BCUT2D eigenvalue weighted by Crippen LogP contribution is -2.37. The van der Waals surface area contributed by atoms with Gasteiger partial charge in [0.1, 0.15) is 6.17 Å². The topological polar surface area (TPSA) is 32.3 Å². The summed E-state index contributed by atoms with van der Waals surface area (Å²) < 4.78 is 0. The van der Waals surface area contributed by atoms with Gasteiger partial charge in [-0.2, -0.15) is 0 Å². The van der Waals surface area contributed by atoms with Gasteiger partial charge in [-0.3, -0.25) is 10.1 Å². The van der Waals surface area contributed by atoms with E-state index >= 15 is 0 Å². The number of amides is 1. The number of nitrogens with zero attached hydrogens (tertiary/aromatic N) is 1. The molecule has 2 saturated carbocycles. The summed E-state index contributed by atoms with van der Waals surface area (Å²) in [5, 5.41) is 5.70. The predicted molar refractivity (Wildman–Crippen MR) is 84.9 cm³/mol. The van der Waals surface area contributed by atoms with Crippen molar-refractivity contribution in [1.82, 2.24) is 10.2 Å². The van der Waals surface area contributed by atoms with Crippen molar-refractivity contribution in [3.63, 3.8) is 0 Å². The van der Waals surface area contributed by atoms with E-state index in [9.17, 15) is 4.79 Å². The van der Waals surface area contributed by atoms with Gasteiger partial charge in [0, 0.05) is 11.4 Å². The molecule has 1 amide bonds. The molecule has 0 spiro atoms. The van der Waals surface area contributed by atoms with Gasteiger partial charge in [0.05, 0.1) is 6.04 Å². The summed E-state index contributed by atoms with van der Waals surface area (Å²) in [7, 11) is 0. The minimum absolute atomic E-state index is 0.0212. The summed E-state index contributed by atoms with van der Waals surface area (Å²) in [6, 6.07) is 4.22. The number of thiophene rings is 1. The summed E-state index contributed by atoms with van der Waals surface area (Å²) in [6.45, 7) is 5.24. The van der Waals surface area contributed by atoms with E-state index < -0.39 is 0 Å². The Balaban J connectivity index is 1.59. The molecule has 3 aliphatic rings. The summed E-state index contributed by atoms with van der Waals surface area (Å²) in [6.07, 6.45) is 5.51. The van der Waals surface area contributed by atoms with E-state index in [0.29, 0.717) is 17.2 Å². The maximum atomic E-state index is 12.9. The van der Waals surface area contributed by atoms with Gasteiger partial charge in [0.15, 0.2) is 0 Å². The highest BCUT2D eigenvalue weighted by molar-refractivity contribution is 7.10. The van der Waals surface area contributed by atoms with Crippen molar-refractivity contribution < 1.29 is 4.79 Å². The molecule has 3 nitrogen and oxygen atoms in total. The summed E-state index contributed by atoms with van der Waals surface area (Å²) >= 11 is 1.75. The van der Waals surface area contributed by atoms with Crippen LogP contribution in [0.1, 0.15) is 50.6 Å². The molecule has 2 heterocycles. The summed E-state index contributed by atoms with van der Waals surface area (Å²) in [4.78, 5) is 16.3. The van der Waals surface area contributed by atoms with Crippen molar-refractivity contribution >= 4 is 17.2 Å². The Kier molecular flexibility index (Phi) is 3.16. The Hall–Kier alpha value is -0.870. The van der Waals surface area contributed by atoms with Crippen molar-refractivity contribution in [3.8, 4) is 0 Å². The van der Waals surface area contributed by atoms with E-state index in [-0.39, 0.29) is 12.2 Å². The molecule has 0 radical (unpaired) electrons. The number of carbonyl (C=O) groups is 1. The Bertz CT molecular complexity index is 531. The molecule has 2 aliphatic carbocycles. The van der Waals surface area contributed by atoms with Crippen LogP contribution in [-0.4, -0.2) is 23.4 Å². The van der Waals surface area contributed by atoms with Crippen molar-refractivity contribution in [2.75, 3.05) is 6.54 Å². The maximum absolute atomic E-state index is 12.9. The molecule has 3 fully saturated rings. The monoisotopic (exact) mass is 304 g/mol. The van der Waals surface area contributed by atoms with Gasteiger partial charge in [0.25, 0.3) is 0 Å². The van der Waals surface area contributed by atoms with E-state index in [2.05, 4.69) is 41.6 Å². The van der Waals surface area contributed by atoms with Crippen LogP contribution in [0.3, 0.4) is 0 Å². The van der Waals surface area contributed by atoms with Gasteiger partial charge in [-0.1, -0.05) is 19.9 Å². The Morgan fingerprint density at radius 1 is 1.43 bits per heavy atom. The minimum Gasteiger partial charge on any atom is -0.320 e. The SMILES string of the molecule is CC(C)C1NC(c2cccs2)N(CC2(C3CC3)CC2)C1=O. The molecule has 1 aromatic rings. The molecule has 1 aliphatic heterocycles. The molecule has 2 unspecified atom stereocenters. The van der Waals surface area contributed by atoms with E-state index in [1.54, 1.807) is 11.3 Å². The second kappa shape index (κ2) is 4.82. The van der Waals surface area contributed by atoms with Crippen LogP contribution in [-0.2, 0) is 4.79 Å². The molecule has 0 aromatic carbocycles. The van der Waals surface area contributed by atoms with Crippen molar-refractivity contribution in [2.45, 2.75) is 51.7 Å². The highest BCUT2D eigenvalue weighted by atomic mass is 32.1. The zero-order valence-corrected chi connectivity index (χ0v) is 13.7. The molecule has 2 atom stereocenters. The van der Waals surface area contributed by atoms with E-state index in [1.807, 2.05) is 0 Å². The van der Waals surface area contributed by atoms with Crippen LogP contribution >= 0.6 is 11.3 Å². The standard InChI is InChI=1S/C17H24N2OS/c1-11(2)14-16(20)19(10-17(7-8-17)12-5-6-12)15(18-14)13-4-3-9-21-13/h3-4,9,11-12,14-15,18H,5-8,10H2,1-2H3. The van der Waals surface area contributed by atoms with E-state index in [4.69, 9.17) is 0 Å². The van der Waals surface area contributed by atoms with Gasteiger partial charge in [-0.25, -0.2) is 0 Å². The van der Waals surface area contributed by atoms with Crippen LogP contribution in [0, 0.1) is 17.3 Å². The Morgan fingerprint density at radius 3 is 2.71 bits per heavy atom. The Morgan fingerprint density at radius 2 is 2.19 bits per heavy atom. The molecule has 4 heteroatoms. The van der Waals surface area contributed by atoms with E-state index in [0.717, 1.165) is 12.5 Å². The Labute approximate surface area is 130 Å². The van der Waals surface area contributed by atoms with Gasteiger partial charge in [-0.15, -0.1) is 11.3 Å². The number of hydrogen-bond acceptors (Lipinski definition) is 3. The first-order valence-corrected chi connectivity index (χ1v) is 9.09. The van der Waals surface area contributed by atoms with E-state index in [1.165, 1.54) is 30.6 Å². The quantitative estimate of drug-likeness (QED) is 0.904. The summed E-state index contributed by atoms with van der Waals surface area (Å²) in [5.74, 6) is 1.56. The lowest BCUT2D eigenvalue weighted by Gasteiger charge is -2.28. The molecule has 0 bridgehead atoms. The fraction of sp³-hybridized carbons (Fsp3) is 0.706. The fourth-order valence-corrected chi connectivity index (χ4v) is 4.65. The number of hydrogen-bond donors (Lipinski definition) is 1. The highest BCUT2D eigenvalue weighted by Crippen LogP contribution is 2.62. The largest absolute Gasteiger partial charge is 0.320 e. The van der Waals surface area contributed by atoms with Gasteiger partial charge in [0.2, 0.25) is 5.91 Å². The van der Waals surface area contributed by atoms with Gasteiger partial charge >= 0.3 is 0 Å². The van der Waals surface area contributed by atoms with Crippen LogP contribution in [0.15, 0.2) is 17.5 Å². The fourth-order valence-electron chi connectivity index (χ4n) is 3.86. The molecule has 4 rings (SSSR count). The third-order valence-electron chi connectivity index (χ3n) is 5.50. The zero-order valence-electron chi connectivity index (χ0n) is 12.8. The smallest absolute Gasteiger partial charge is 0.241 e. The van der Waals surface area contributed by atoms with Gasteiger partial charge in [-0.05, 0) is 54.4 Å². The lowest BCUT2D eigenvalue weighted by molar-refractivity contribution is -0.131. The lowest BCUT2D eigenvalue weighted by atomic mass is 9.99. The number of carbonyl (C=O) groups excluding carboxylic acids is 1. The van der Waals surface area contributed by atoms with Crippen molar-refractivity contribution in [3.05, 3.63) is 22.4 Å². The predicted octanol–water partition coefficient (Wildman–Crippen LogP) is 3.39. The van der Waals surface area contributed by atoms with Gasteiger partial charge < -0.3 is 4.90 Å². The van der Waals surface area contributed by atoms with Crippen LogP contribution in [0.5, 0.6) is 0 Å². The zero-order chi connectivity index (χ0) is 14.6. The third kappa shape index (κ3) is 2.33. The molecular formula is C17H24N2OS. The second-order valence-corrected chi connectivity index (χ2v) is 8.39. The first-order valence-electron chi connectivity index (χ1n) is 8.21. The molecule has 1 saturated heterocycles. The number of rotatable bonds is 5. The average molecular weight is 304 g/mol. The molecular weight excluding hydrogens is 280 g/mol. The van der Waals surface area contributed by atoms with Crippen LogP contribution in [0.2, 0.25) is 0 Å². The molecule has 1 aromatic heterocycles. The second-order valence-electron chi connectivity index (χ2n) is 7.41.